The number of nitrogens with one attached hydrogen (secondary N) is 1. The third-order valence-corrected chi connectivity index (χ3v) is 5.29. The van der Waals surface area contributed by atoms with E-state index < -0.39 is 17.7 Å². The van der Waals surface area contributed by atoms with E-state index in [2.05, 4.69) is 19.2 Å². The van der Waals surface area contributed by atoms with Gasteiger partial charge in [0.1, 0.15) is 5.54 Å². The van der Waals surface area contributed by atoms with Crippen LogP contribution in [0.3, 0.4) is 0 Å². The predicted molar refractivity (Wildman–Crippen MR) is 105 cm³/mol. The Labute approximate surface area is 163 Å². The molecular weight excluding hydrogens is 364 g/mol. The van der Waals surface area contributed by atoms with E-state index in [1.807, 2.05) is 24.3 Å². The van der Waals surface area contributed by atoms with Gasteiger partial charge in [-0.2, -0.15) is 0 Å². The number of amides is 3. The van der Waals surface area contributed by atoms with Crippen molar-refractivity contribution in [2.75, 3.05) is 6.54 Å². The smallest absolute Gasteiger partial charge is 0.325 e. The Morgan fingerprint density at radius 1 is 1.04 bits per heavy atom. The molecule has 2 atom stereocenters. The van der Waals surface area contributed by atoms with Gasteiger partial charge in [-0.3, -0.25) is 9.69 Å². The van der Waals surface area contributed by atoms with Gasteiger partial charge in [0.2, 0.25) is 0 Å². The molecule has 2 aromatic rings. The lowest BCUT2D eigenvalue weighted by Crippen LogP contribution is -2.41. The largest absolute Gasteiger partial charge is 0.387 e. The summed E-state index contributed by atoms with van der Waals surface area (Å²) in [4.78, 5) is 26.5. The van der Waals surface area contributed by atoms with Gasteiger partial charge in [-0.05, 0) is 41.7 Å². The highest BCUT2D eigenvalue weighted by atomic mass is 35.5. The lowest BCUT2D eigenvalue weighted by molar-refractivity contribution is -0.132. The molecule has 2 aromatic carbocycles. The van der Waals surface area contributed by atoms with Crippen LogP contribution in [0.15, 0.2) is 48.5 Å². The quantitative estimate of drug-likeness (QED) is 0.764. The maximum Gasteiger partial charge on any atom is 0.325 e. The molecule has 0 radical (unpaired) electrons. The summed E-state index contributed by atoms with van der Waals surface area (Å²) in [7, 11) is 0. The Hall–Kier alpha value is -2.37. The standard InChI is InChI=1S/C21H23ClN2O3/c1-13(2)14-4-8-16(9-5-14)21(3)19(26)24(20(27)23-21)12-18(25)15-6-10-17(22)11-7-15/h4-11,13,18,25H,12H2,1-3H3,(H,23,27)/t18-,21-/m0/s1. The first-order valence-corrected chi connectivity index (χ1v) is 9.28. The molecule has 0 spiro atoms. The average molecular weight is 387 g/mol. The Bertz CT molecular complexity index is 849. The van der Waals surface area contributed by atoms with Crippen molar-refractivity contribution in [3.05, 3.63) is 70.2 Å². The summed E-state index contributed by atoms with van der Waals surface area (Å²) in [6, 6.07) is 13.8. The molecule has 1 aliphatic rings. The van der Waals surface area contributed by atoms with E-state index in [-0.39, 0.29) is 12.5 Å². The third-order valence-electron chi connectivity index (χ3n) is 5.04. The first kappa shape index (κ1) is 19.4. The van der Waals surface area contributed by atoms with Crippen LogP contribution in [-0.4, -0.2) is 28.5 Å². The van der Waals surface area contributed by atoms with Crippen LogP contribution in [-0.2, 0) is 10.3 Å². The number of halogens is 1. The molecule has 3 rings (SSSR count). The number of β-amino-alcohol motifs (C(OH)–C–C–N with tert-alkyl or cyclic N) is 1. The summed E-state index contributed by atoms with van der Waals surface area (Å²) in [6.45, 7) is 5.76. The van der Waals surface area contributed by atoms with E-state index in [0.717, 1.165) is 10.5 Å². The number of carbonyl (C=O) groups excluding carboxylic acids is 2. The highest BCUT2D eigenvalue weighted by Gasteiger charge is 2.49. The Balaban J connectivity index is 1.80. The maximum absolute atomic E-state index is 13.0. The fourth-order valence-corrected chi connectivity index (χ4v) is 3.35. The molecule has 0 bridgehead atoms. The molecule has 0 aliphatic carbocycles. The fraction of sp³-hybridized carbons (Fsp3) is 0.333. The Kier molecular flexibility index (Phi) is 5.27. The minimum atomic E-state index is -1.15. The molecule has 3 amide bonds. The van der Waals surface area contributed by atoms with Crippen LogP contribution in [0, 0.1) is 0 Å². The predicted octanol–water partition coefficient (Wildman–Crippen LogP) is 3.96. The van der Waals surface area contributed by atoms with Crippen molar-refractivity contribution in [1.82, 2.24) is 10.2 Å². The normalized spacial score (nSPS) is 20.9. The number of hydrogen-bond donors (Lipinski definition) is 2. The topological polar surface area (TPSA) is 69.6 Å². The monoisotopic (exact) mass is 386 g/mol. The molecule has 6 heteroatoms. The summed E-state index contributed by atoms with van der Waals surface area (Å²) in [5.74, 6) is 0.00422. The molecule has 1 fully saturated rings. The molecule has 27 heavy (non-hydrogen) atoms. The van der Waals surface area contributed by atoms with Crippen LogP contribution in [0.2, 0.25) is 5.02 Å². The molecule has 1 heterocycles. The van der Waals surface area contributed by atoms with Gasteiger partial charge in [-0.15, -0.1) is 0 Å². The molecule has 0 aromatic heterocycles. The number of carbonyl (C=O) groups is 2. The second-order valence-electron chi connectivity index (χ2n) is 7.31. The van der Waals surface area contributed by atoms with Crippen molar-refractivity contribution in [3.63, 3.8) is 0 Å². The number of imide groups is 1. The molecule has 5 nitrogen and oxygen atoms in total. The van der Waals surface area contributed by atoms with E-state index in [4.69, 9.17) is 11.6 Å². The number of hydrogen-bond acceptors (Lipinski definition) is 3. The SMILES string of the molecule is CC(C)c1ccc([C@]2(C)NC(=O)N(C[C@H](O)c3ccc(Cl)cc3)C2=O)cc1. The third kappa shape index (κ3) is 3.70. The van der Waals surface area contributed by atoms with E-state index in [0.29, 0.717) is 22.1 Å². The molecule has 142 valence electrons. The van der Waals surface area contributed by atoms with Gasteiger partial charge >= 0.3 is 6.03 Å². The number of aliphatic hydroxyl groups excluding tert-OH is 1. The van der Waals surface area contributed by atoms with Gasteiger partial charge in [0.25, 0.3) is 5.91 Å². The van der Waals surface area contributed by atoms with Crippen LogP contribution in [0.25, 0.3) is 0 Å². The second kappa shape index (κ2) is 7.33. The lowest BCUT2D eigenvalue weighted by Gasteiger charge is -2.23. The van der Waals surface area contributed by atoms with E-state index in [9.17, 15) is 14.7 Å². The number of rotatable bonds is 5. The van der Waals surface area contributed by atoms with Crippen molar-refractivity contribution in [1.29, 1.82) is 0 Å². The van der Waals surface area contributed by atoms with Crippen LogP contribution >= 0.6 is 11.6 Å². The zero-order valence-corrected chi connectivity index (χ0v) is 16.3. The molecule has 1 saturated heterocycles. The van der Waals surface area contributed by atoms with Crippen molar-refractivity contribution < 1.29 is 14.7 Å². The highest BCUT2D eigenvalue weighted by molar-refractivity contribution is 6.30. The first-order chi connectivity index (χ1) is 12.7. The van der Waals surface area contributed by atoms with Crippen LogP contribution in [0.4, 0.5) is 4.79 Å². The highest BCUT2D eigenvalue weighted by Crippen LogP contribution is 2.31. The van der Waals surface area contributed by atoms with Gasteiger partial charge < -0.3 is 10.4 Å². The van der Waals surface area contributed by atoms with Gasteiger partial charge in [0, 0.05) is 5.02 Å². The average Bonchev–Trinajstić information content (AvgIpc) is 2.86. The summed E-state index contributed by atoms with van der Waals surface area (Å²) >= 11 is 5.86. The van der Waals surface area contributed by atoms with Crippen molar-refractivity contribution in [3.8, 4) is 0 Å². The summed E-state index contributed by atoms with van der Waals surface area (Å²) in [5.41, 5.74) is 1.32. The number of aliphatic hydroxyl groups is 1. The van der Waals surface area contributed by atoms with Crippen LogP contribution in [0.1, 0.15) is 49.5 Å². The van der Waals surface area contributed by atoms with Crippen molar-refractivity contribution >= 4 is 23.5 Å². The zero-order valence-electron chi connectivity index (χ0n) is 15.6. The van der Waals surface area contributed by atoms with E-state index in [1.165, 1.54) is 0 Å². The first-order valence-electron chi connectivity index (χ1n) is 8.90. The minimum Gasteiger partial charge on any atom is -0.387 e. The van der Waals surface area contributed by atoms with E-state index in [1.54, 1.807) is 31.2 Å². The minimum absolute atomic E-state index is 0.119. The fourth-order valence-electron chi connectivity index (χ4n) is 3.22. The Morgan fingerprint density at radius 3 is 2.15 bits per heavy atom. The van der Waals surface area contributed by atoms with E-state index >= 15 is 0 Å². The van der Waals surface area contributed by atoms with Crippen LogP contribution < -0.4 is 5.32 Å². The second-order valence-corrected chi connectivity index (χ2v) is 7.75. The summed E-state index contributed by atoms with van der Waals surface area (Å²) < 4.78 is 0. The lowest BCUT2D eigenvalue weighted by atomic mass is 9.90. The maximum atomic E-state index is 13.0. The van der Waals surface area contributed by atoms with Gasteiger partial charge in [-0.1, -0.05) is 61.8 Å². The van der Waals surface area contributed by atoms with Gasteiger partial charge in [0.15, 0.2) is 0 Å². The molecule has 2 N–H and O–H groups in total. The molecular formula is C21H23ClN2O3. The summed E-state index contributed by atoms with van der Waals surface area (Å²) in [6.07, 6.45) is -0.984. The summed E-state index contributed by atoms with van der Waals surface area (Å²) in [5, 5.41) is 13.7. The van der Waals surface area contributed by atoms with Crippen molar-refractivity contribution in [2.45, 2.75) is 38.3 Å². The number of urea groups is 1. The zero-order chi connectivity index (χ0) is 19.8. The van der Waals surface area contributed by atoms with Gasteiger partial charge in [-0.25, -0.2) is 4.79 Å². The van der Waals surface area contributed by atoms with Crippen molar-refractivity contribution in [2.24, 2.45) is 0 Å². The van der Waals surface area contributed by atoms with Gasteiger partial charge in [0.05, 0.1) is 12.6 Å². The van der Waals surface area contributed by atoms with Crippen LogP contribution in [0.5, 0.6) is 0 Å². The number of nitrogens with zero attached hydrogens (tertiary/aromatic N) is 1. The Morgan fingerprint density at radius 2 is 1.59 bits per heavy atom. The molecule has 0 unspecified atom stereocenters. The number of benzene rings is 2. The molecule has 0 saturated carbocycles. The molecule has 1 aliphatic heterocycles.